The van der Waals surface area contributed by atoms with E-state index in [0.717, 1.165) is 6.42 Å². The summed E-state index contributed by atoms with van der Waals surface area (Å²) in [5.74, 6) is 0. The molecule has 0 saturated carbocycles. The van der Waals surface area contributed by atoms with E-state index < -0.39 is 0 Å². The Balaban J connectivity index is 2.44. The quantitative estimate of drug-likeness (QED) is 0.486. The molecule has 0 N–H and O–H groups in total. The van der Waals surface area contributed by atoms with Gasteiger partial charge in [0.25, 0.3) is 0 Å². The number of fused-ring (bicyclic) bond motifs is 1. The van der Waals surface area contributed by atoms with Gasteiger partial charge in [-0.05, 0) is 23.6 Å². The molecular weight excluding hydrogens is 132 g/mol. The lowest BCUT2D eigenvalue weighted by molar-refractivity contribution is 1.22. The minimum absolute atomic E-state index is 1.05. The average molecular weight is 141 g/mol. The van der Waals surface area contributed by atoms with Crippen molar-refractivity contribution in [3.05, 3.63) is 59.8 Å². The van der Waals surface area contributed by atoms with Crippen LogP contribution in [0.3, 0.4) is 0 Å². The third-order valence-electron chi connectivity index (χ3n) is 1.86. The second-order valence-electron chi connectivity index (χ2n) is 2.61. The summed E-state index contributed by atoms with van der Waals surface area (Å²) in [5.41, 5.74) is 2.70. The lowest BCUT2D eigenvalue weighted by Crippen LogP contribution is -1.88. The maximum atomic E-state index is 3.05. The van der Waals surface area contributed by atoms with Crippen LogP contribution in [0, 0.1) is 6.08 Å². The molecule has 2 aliphatic carbocycles. The maximum absolute atomic E-state index is 3.05. The van der Waals surface area contributed by atoms with E-state index in [2.05, 4.69) is 36.5 Å². The van der Waals surface area contributed by atoms with Gasteiger partial charge < -0.3 is 0 Å². The number of rotatable bonds is 0. The Bertz CT molecular complexity index is 296. The minimum Gasteiger partial charge on any atom is -0.0801 e. The van der Waals surface area contributed by atoms with E-state index in [1.165, 1.54) is 11.1 Å². The van der Waals surface area contributed by atoms with Crippen LogP contribution in [0.25, 0.3) is 0 Å². The molecule has 1 radical (unpaired) electrons. The van der Waals surface area contributed by atoms with Crippen molar-refractivity contribution in [2.75, 3.05) is 0 Å². The molecule has 0 aromatic carbocycles. The fraction of sp³-hybridized carbons (Fsp3) is 0.0909. The summed E-state index contributed by atoms with van der Waals surface area (Å²) in [7, 11) is 0. The molecule has 11 heavy (non-hydrogen) atoms. The Hall–Kier alpha value is -1.30. The van der Waals surface area contributed by atoms with Crippen molar-refractivity contribution in [1.29, 1.82) is 0 Å². The Kier molecular flexibility index (Phi) is 1.60. The lowest BCUT2D eigenvalue weighted by atomic mass is 9.98. The first-order valence-electron chi connectivity index (χ1n) is 3.79. The van der Waals surface area contributed by atoms with Crippen molar-refractivity contribution < 1.29 is 0 Å². The highest BCUT2D eigenvalue weighted by Crippen LogP contribution is 2.21. The molecule has 53 valence electrons. The van der Waals surface area contributed by atoms with E-state index in [-0.39, 0.29) is 0 Å². The van der Waals surface area contributed by atoms with Crippen molar-refractivity contribution in [3.63, 3.8) is 0 Å². The van der Waals surface area contributed by atoms with Crippen LogP contribution in [0.1, 0.15) is 6.42 Å². The van der Waals surface area contributed by atoms with Crippen molar-refractivity contribution in [3.8, 4) is 0 Å². The summed E-state index contributed by atoms with van der Waals surface area (Å²) >= 11 is 0. The number of allylic oxidation sites excluding steroid dienone is 10. The first kappa shape index (κ1) is 6.41. The molecule has 0 fully saturated rings. The van der Waals surface area contributed by atoms with Crippen LogP contribution < -0.4 is 0 Å². The highest BCUT2D eigenvalue weighted by Gasteiger charge is 2.02. The van der Waals surface area contributed by atoms with E-state index in [0.29, 0.717) is 0 Å². The molecule has 0 unspecified atom stereocenters. The molecule has 2 rings (SSSR count). The van der Waals surface area contributed by atoms with Crippen LogP contribution in [0.4, 0.5) is 0 Å². The Labute approximate surface area is 66.9 Å². The second-order valence-corrected chi connectivity index (χ2v) is 2.61. The zero-order valence-electron chi connectivity index (χ0n) is 6.25. The SMILES string of the molecule is [C]1=CC=C2CC=CC=C2C=C1. The van der Waals surface area contributed by atoms with Gasteiger partial charge in [-0.3, -0.25) is 0 Å². The van der Waals surface area contributed by atoms with Crippen molar-refractivity contribution in [2.24, 2.45) is 0 Å². The standard InChI is InChI=1S/C11H9/c1-2-6-10-8-4-5-9-11(10)7-3-1/h2-8H,9H2. The topological polar surface area (TPSA) is 0 Å². The van der Waals surface area contributed by atoms with Gasteiger partial charge >= 0.3 is 0 Å². The van der Waals surface area contributed by atoms with Gasteiger partial charge in [-0.1, -0.05) is 42.5 Å². The van der Waals surface area contributed by atoms with Crippen LogP contribution in [0.2, 0.25) is 0 Å². The fourth-order valence-corrected chi connectivity index (χ4v) is 1.26. The summed E-state index contributed by atoms with van der Waals surface area (Å²) in [6, 6.07) is 0. The number of hydrogen-bond acceptors (Lipinski definition) is 0. The van der Waals surface area contributed by atoms with Gasteiger partial charge in [0.2, 0.25) is 0 Å². The van der Waals surface area contributed by atoms with Crippen LogP contribution >= 0.6 is 0 Å². The predicted molar refractivity (Wildman–Crippen MR) is 46.9 cm³/mol. The van der Waals surface area contributed by atoms with Crippen LogP contribution in [-0.4, -0.2) is 0 Å². The molecule has 0 bridgehead atoms. The Morgan fingerprint density at radius 3 is 3.27 bits per heavy atom. The van der Waals surface area contributed by atoms with Gasteiger partial charge in [-0.2, -0.15) is 0 Å². The number of hydrogen-bond donors (Lipinski definition) is 0. The van der Waals surface area contributed by atoms with E-state index in [9.17, 15) is 0 Å². The normalized spacial score (nSPS) is 20.4. The van der Waals surface area contributed by atoms with Gasteiger partial charge in [-0.15, -0.1) is 0 Å². The van der Waals surface area contributed by atoms with E-state index in [4.69, 9.17) is 0 Å². The molecular formula is C11H9. The molecule has 0 aromatic rings. The fourth-order valence-electron chi connectivity index (χ4n) is 1.26. The van der Waals surface area contributed by atoms with Crippen molar-refractivity contribution >= 4 is 0 Å². The average Bonchev–Trinajstić information content (AvgIpc) is 2.28. The maximum Gasteiger partial charge on any atom is -0.00884 e. The monoisotopic (exact) mass is 141 g/mol. The molecule has 0 heteroatoms. The molecule has 0 amide bonds. The Morgan fingerprint density at radius 1 is 1.27 bits per heavy atom. The molecule has 0 aliphatic heterocycles. The van der Waals surface area contributed by atoms with Gasteiger partial charge in [0, 0.05) is 0 Å². The summed E-state index contributed by atoms with van der Waals surface area (Å²) in [5, 5.41) is 0. The van der Waals surface area contributed by atoms with Crippen LogP contribution in [0.5, 0.6) is 0 Å². The van der Waals surface area contributed by atoms with Crippen molar-refractivity contribution in [1.82, 2.24) is 0 Å². The lowest BCUT2D eigenvalue weighted by Gasteiger charge is -2.07. The molecule has 0 atom stereocenters. The molecule has 2 aliphatic rings. The Morgan fingerprint density at radius 2 is 2.27 bits per heavy atom. The summed E-state index contributed by atoms with van der Waals surface area (Å²) in [4.78, 5) is 0. The van der Waals surface area contributed by atoms with Gasteiger partial charge in [0.1, 0.15) is 0 Å². The zero-order chi connectivity index (χ0) is 7.52. The first-order valence-corrected chi connectivity index (χ1v) is 3.79. The van der Waals surface area contributed by atoms with Crippen LogP contribution in [0.15, 0.2) is 53.7 Å². The van der Waals surface area contributed by atoms with E-state index in [1.54, 1.807) is 0 Å². The van der Waals surface area contributed by atoms with Gasteiger partial charge in [0.05, 0.1) is 0 Å². The molecule has 0 saturated heterocycles. The summed E-state index contributed by atoms with van der Waals surface area (Å²) in [6.07, 6.45) is 18.6. The van der Waals surface area contributed by atoms with Gasteiger partial charge in [0.15, 0.2) is 0 Å². The third kappa shape index (κ3) is 1.25. The molecule has 0 nitrogen and oxygen atoms in total. The second kappa shape index (κ2) is 2.75. The highest BCUT2D eigenvalue weighted by atomic mass is 14.1. The molecule has 0 spiro atoms. The van der Waals surface area contributed by atoms with Gasteiger partial charge in [-0.25, -0.2) is 0 Å². The highest BCUT2D eigenvalue weighted by molar-refractivity contribution is 5.48. The third-order valence-corrected chi connectivity index (χ3v) is 1.86. The van der Waals surface area contributed by atoms with E-state index >= 15 is 0 Å². The smallest absolute Gasteiger partial charge is 0.00884 e. The van der Waals surface area contributed by atoms with E-state index in [1.807, 2.05) is 12.2 Å². The minimum atomic E-state index is 1.05. The molecule has 0 aromatic heterocycles. The van der Waals surface area contributed by atoms with Crippen LogP contribution in [-0.2, 0) is 0 Å². The predicted octanol–water partition coefficient (Wildman–Crippen LogP) is 2.73. The zero-order valence-corrected chi connectivity index (χ0v) is 6.25. The first-order chi connectivity index (χ1) is 5.47. The van der Waals surface area contributed by atoms with Crippen molar-refractivity contribution in [2.45, 2.75) is 6.42 Å². The summed E-state index contributed by atoms with van der Waals surface area (Å²) < 4.78 is 0. The largest absolute Gasteiger partial charge is 0.0801 e. The molecule has 0 heterocycles. The summed E-state index contributed by atoms with van der Waals surface area (Å²) in [6.45, 7) is 0.